The fourth-order valence-corrected chi connectivity index (χ4v) is 3.12. The lowest BCUT2D eigenvalue weighted by Crippen LogP contribution is -2.36. The van der Waals surface area contributed by atoms with Crippen LogP contribution in [-0.2, 0) is 16.1 Å². The van der Waals surface area contributed by atoms with Gasteiger partial charge in [-0.3, -0.25) is 14.9 Å². The van der Waals surface area contributed by atoms with Crippen molar-refractivity contribution in [3.05, 3.63) is 64.2 Å². The number of hydrogen-bond acceptors (Lipinski definition) is 6. The molecular formula is C21H26N4O4. The summed E-state index contributed by atoms with van der Waals surface area (Å²) in [4.78, 5) is 24.5. The molecule has 0 radical (unpaired) electrons. The van der Waals surface area contributed by atoms with Crippen LogP contribution in [0.25, 0.3) is 0 Å². The SMILES string of the molecule is O=C(CCCNc1ccc([N+](=O)[O-])cc1)NCc1ccc(N2CCOCC2)cc1. The second kappa shape index (κ2) is 10.4. The van der Waals surface area contributed by atoms with E-state index in [4.69, 9.17) is 4.74 Å². The van der Waals surface area contributed by atoms with E-state index in [0.29, 0.717) is 25.9 Å². The second-order valence-corrected chi connectivity index (χ2v) is 6.88. The Balaban J connectivity index is 1.33. The molecule has 3 rings (SSSR count). The van der Waals surface area contributed by atoms with Gasteiger partial charge in [-0.05, 0) is 36.2 Å². The maximum atomic E-state index is 12.0. The van der Waals surface area contributed by atoms with E-state index in [2.05, 4.69) is 27.7 Å². The first-order valence-corrected chi connectivity index (χ1v) is 9.78. The Morgan fingerprint density at radius 2 is 1.76 bits per heavy atom. The third-order valence-corrected chi connectivity index (χ3v) is 4.79. The van der Waals surface area contributed by atoms with E-state index in [1.165, 1.54) is 17.8 Å². The Labute approximate surface area is 170 Å². The molecule has 2 aromatic rings. The lowest BCUT2D eigenvalue weighted by Gasteiger charge is -2.28. The molecule has 1 saturated heterocycles. The Bertz CT molecular complexity index is 802. The van der Waals surface area contributed by atoms with E-state index in [-0.39, 0.29) is 11.6 Å². The van der Waals surface area contributed by atoms with Gasteiger partial charge in [0.1, 0.15) is 0 Å². The maximum absolute atomic E-state index is 12.0. The molecule has 1 aliphatic rings. The van der Waals surface area contributed by atoms with Crippen LogP contribution in [0.2, 0.25) is 0 Å². The van der Waals surface area contributed by atoms with Gasteiger partial charge in [0.2, 0.25) is 5.91 Å². The molecule has 1 heterocycles. The van der Waals surface area contributed by atoms with Gasteiger partial charge in [0.15, 0.2) is 0 Å². The van der Waals surface area contributed by atoms with Crippen molar-refractivity contribution < 1.29 is 14.5 Å². The Hall–Kier alpha value is -3.13. The van der Waals surface area contributed by atoms with Gasteiger partial charge in [-0.25, -0.2) is 0 Å². The number of anilines is 2. The van der Waals surface area contributed by atoms with Gasteiger partial charge in [0.05, 0.1) is 18.1 Å². The van der Waals surface area contributed by atoms with Gasteiger partial charge in [-0.2, -0.15) is 0 Å². The summed E-state index contributed by atoms with van der Waals surface area (Å²) in [5.74, 6) is 0.00718. The van der Waals surface area contributed by atoms with Crippen LogP contribution in [0.4, 0.5) is 17.1 Å². The van der Waals surface area contributed by atoms with Gasteiger partial charge in [0, 0.05) is 56.1 Å². The van der Waals surface area contributed by atoms with E-state index in [1.54, 1.807) is 12.1 Å². The van der Waals surface area contributed by atoms with Crippen LogP contribution in [0.5, 0.6) is 0 Å². The van der Waals surface area contributed by atoms with Crippen molar-refractivity contribution in [2.75, 3.05) is 43.1 Å². The standard InChI is InChI=1S/C21H26N4O4/c26-21(2-1-11-22-18-5-9-20(10-6-18)25(27)28)23-16-17-3-7-19(8-4-17)24-12-14-29-15-13-24/h3-10,22H,1-2,11-16H2,(H,23,26). The summed E-state index contributed by atoms with van der Waals surface area (Å²) in [7, 11) is 0. The Morgan fingerprint density at radius 3 is 2.41 bits per heavy atom. The summed E-state index contributed by atoms with van der Waals surface area (Å²) in [6.45, 7) is 4.47. The quantitative estimate of drug-likeness (QED) is 0.383. The van der Waals surface area contributed by atoms with Gasteiger partial charge in [0.25, 0.3) is 5.69 Å². The van der Waals surface area contributed by atoms with Gasteiger partial charge >= 0.3 is 0 Å². The van der Waals surface area contributed by atoms with Crippen molar-refractivity contribution in [2.45, 2.75) is 19.4 Å². The molecule has 2 N–H and O–H groups in total. The lowest BCUT2D eigenvalue weighted by atomic mass is 10.2. The molecule has 8 nitrogen and oxygen atoms in total. The minimum absolute atomic E-state index is 0.00718. The van der Waals surface area contributed by atoms with E-state index in [1.807, 2.05) is 12.1 Å². The smallest absolute Gasteiger partial charge is 0.269 e. The van der Waals surface area contributed by atoms with Crippen molar-refractivity contribution in [1.29, 1.82) is 0 Å². The minimum Gasteiger partial charge on any atom is -0.385 e. The average molecular weight is 398 g/mol. The first-order chi connectivity index (χ1) is 14.1. The van der Waals surface area contributed by atoms with E-state index in [9.17, 15) is 14.9 Å². The molecular weight excluding hydrogens is 372 g/mol. The third kappa shape index (κ3) is 6.46. The number of benzene rings is 2. The molecule has 8 heteroatoms. The topological polar surface area (TPSA) is 96.7 Å². The van der Waals surface area contributed by atoms with Crippen LogP contribution in [0.1, 0.15) is 18.4 Å². The summed E-state index contributed by atoms with van der Waals surface area (Å²) in [5, 5.41) is 16.7. The van der Waals surface area contributed by atoms with Crippen LogP contribution >= 0.6 is 0 Å². The third-order valence-electron chi connectivity index (χ3n) is 4.79. The number of hydrogen-bond donors (Lipinski definition) is 2. The molecule has 2 aromatic carbocycles. The van der Waals surface area contributed by atoms with E-state index in [0.717, 1.165) is 37.6 Å². The number of nitrogens with one attached hydrogen (secondary N) is 2. The fraction of sp³-hybridized carbons (Fsp3) is 0.381. The largest absolute Gasteiger partial charge is 0.385 e. The molecule has 154 valence electrons. The molecule has 0 aliphatic carbocycles. The summed E-state index contributed by atoms with van der Waals surface area (Å²) < 4.78 is 5.37. The number of ether oxygens (including phenoxy) is 1. The number of nitro benzene ring substituents is 1. The molecule has 0 spiro atoms. The van der Waals surface area contributed by atoms with Crippen LogP contribution in [-0.4, -0.2) is 43.7 Å². The Kier molecular flexibility index (Phi) is 7.40. The number of morpholine rings is 1. The summed E-state index contributed by atoms with van der Waals surface area (Å²) >= 11 is 0. The Morgan fingerprint density at radius 1 is 1.07 bits per heavy atom. The number of amides is 1. The molecule has 29 heavy (non-hydrogen) atoms. The van der Waals surface area contributed by atoms with Gasteiger partial charge in [-0.1, -0.05) is 12.1 Å². The molecule has 0 bridgehead atoms. The minimum atomic E-state index is -0.426. The average Bonchev–Trinajstić information content (AvgIpc) is 2.76. The van der Waals surface area contributed by atoms with Gasteiger partial charge < -0.3 is 20.3 Å². The van der Waals surface area contributed by atoms with Gasteiger partial charge in [-0.15, -0.1) is 0 Å². The number of rotatable bonds is 9. The first-order valence-electron chi connectivity index (χ1n) is 9.78. The van der Waals surface area contributed by atoms with Crippen molar-refractivity contribution >= 4 is 23.0 Å². The molecule has 0 atom stereocenters. The van der Waals surface area contributed by atoms with Crippen LogP contribution < -0.4 is 15.5 Å². The second-order valence-electron chi connectivity index (χ2n) is 6.88. The molecule has 1 aliphatic heterocycles. The van der Waals surface area contributed by atoms with E-state index >= 15 is 0 Å². The molecule has 0 saturated carbocycles. The highest BCUT2D eigenvalue weighted by Crippen LogP contribution is 2.17. The number of carbonyl (C=O) groups is 1. The summed E-state index contributed by atoms with van der Waals surface area (Å²) in [6, 6.07) is 14.5. The van der Waals surface area contributed by atoms with Crippen molar-refractivity contribution in [2.24, 2.45) is 0 Å². The normalized spacial score (nSPS) is 13.7. The molecule has 0 unspecified atom stereocenters. The lowest BCUT2D eigenvalue weighted by molar-refractivity contribution is -0.384. The predicted octanol–water partition coefficient (Wildman–Crippen LogP) is 2.94. The molecule has 1 amide bonds. The zero-order chi connectivity index (χ0) is 20.5. The van der Waals surface area contributed by atoms with Crippen LogP contribution in [0, 0.1) is 10.1 Å². The van der Waals surface area contributed by atoms with Crippen LogP contribution in [0.3, 0.4) is 0 Å². The zero-order valence-corrected chi connectivity index (χ0v) is 16.3. The highest BCUT2D eigenvalue weighted by atomic mass is 16.6. The number of nitro groups is 1. The highest BCUT2D eigenvalue weighted by Gasteiger charge is 2.11. The zero-order valence-electron chi connectivity index (χ0n) is 16.3. The van der Waals surface area contributed by atoms with E-state index < -0.39 is 4.92 Å². The summed E-state index contributed by atoms with van der Waals surface area (Å²) in [6.07, 6.45) is 1.10. The fourth-order valence-electron chi connectivity index (χ4n) is 3.12. The predicted molar refractivity (Wildman–Crippen MR) is 112 cm³/mol. The first kappa shape index (κ1) is 20.6. The molecule has 0 aromatic heterocycles. The van der Waals surface area contributed by atoms with Crippen molar-refractivity contribution in [3.8, 4) is 0 Å². The highest BCUT2D eigenvalue weighted by molar-refractivity contribution is 5.75. The van der Waals surface area contributed by atoms with Crippen molar-refractivity contribution in [3.63, 3.8) is 0 Å². The molecule has 1 fully saturated rings. The van der Waals surface area contributed by atoms with Crippen molar-refractivity contribution in [1.82, 2.24) is 5.32 Å². The monoisotopic (exact) mass is 398 g/mol. The number of carbonyl (C=O) groups excluding carboxylic acids is 1. The summed E-state index contributed by atoms with van der Waals surface area (Å²) in [5.41, 5.74) is 3.12. The van der Waals surface area contributed by atoms with Crippen LogP contribution in [0.15, 0.2) is 48.5 Å². The maximum Gasteiger partial charge on any atom is 0.269 e. The number of nitrogens with zero attached hydrogens (tertiary/aromatic N) is 2. The number of non-ortho nitro benzene ring substituents is 1.